The first kappa shape index (κ1) is 10.4. The van der Waals surface area contributed by atoms with E-state index in [1.807, 2.05) is 18.2 Å². The number of rotatable bonds is 3. The van der Waals surface area contributed by atoms with E-state index in [0.29, 0.717) is 13.2 Å². The summed E-state index contributed by atoms with van der Waals surface area (Å²) in [5.41, 5.74) is 2.34. The molecule has 0 unspecified atom stereocenters. The molecule has 0 atom stereocenters. The van der Waals surface area contributed by atoms with Gasteiger partial charge < -0.3 is 9.47 Å². The van der Waals surface area contributed by atoms with Crippen LogP contribution in [-0.2, 0) is 9.47 Å². The van der Waals surface area contributed by atoms with Gasteiger partial charge in [-0.05, 0) is 12.0 Å². The van der Waals surface area contributed by atoms with Crippen LogP contribution in [0.3, 0.4) is 0 Å². The highest BCUT2D eigenvalue weighted by Gasteiger charge is 2.21. The molecular formula is C13H16O2. The largest absolute Gasteiger partial charge is 0.346 e. The highest BCUT2D eigenvalue weighted by atomic mass is 16.7. The molecule has 0 spiro atoms. The summed E-state index contributed by atoms with van der Waals surface area (Å²) in [4.78, 5) is 0. The molecule has 1 aromatic rings. The van der Waals surface area contributed by atoms with Crippen LogP contribution < -0.4 is 0 Å². The Morgan fingerprint density at radius 2 is 1.93 bits per heavy atom. The zero-order chi connectivity index (χ0) is 10.5. The summed E-state index contributed by atoms with van der Waals surface area (Å²) < 4.78 is 11.1. The number of ether oxygens (including phenoxy) is 2. The van der Waals surface area contributed by atoms with Gasteiger partial charge in [0.05, 0.1) is 13.2 Å². The molecule has 1 aliphatic rings. The van der Waals surface area contributed by atoms with Crippen LogP contribution in [0.2, 0.25) is 0 Å². The van der Waals surface area contributed by atoms with E-state index >= 15 is 0 Å². The van der Waals surface area contributed by atoms with Crippen molar-refractivity contribution in [2.45, 2.75) is 19.6 Å². The molecule has 1 saturated heterocycles. The molecule has 0 bridgehead atoms. The minimum Gasteiger partial charge on any atom is -0.346 e. The first-order valence-corrected chi connectivity index (χ1v) is 5.40. The molecule has 1 fully saturated rings. The maximum atomic E-state index is 5.53. The highest BCUT2D eigenvalue weighted by molar-refractivity contribution is 5.67. The van der Waals surface area contributed by atoms with Crippen molar-refractivity contribution in [2.75, 3.05) is 13.2 Å². The summed E-state index contributed by atoms with van der Waals surface area (Å²) in [6.07, 6.45) is 2.99. The Hall–Kier alpha value is -1.12. The van der Waals surface area contributed by atoms with Crippen LogP contribution in [0, 0.1) is 0 Å². The summed E-state index contributed by atoms with van der Waals surface area (Å²) >= 11 is 0. The van der Waals surface area contributed by atoms with Gasteiger partial charge in [0.25, 0.3) is 0 Å². The Morgan fingerprint density at radius 1 is 1.27 bits per heavy atom. The fraction of sp³-hybridized carbons (Fsp3) is 0.385. The second kappa shape index (κ2) is 5.10. The predicted molar refractivity (Wildman–Crippen MR) is 60.4 cm³/mol. The van der Waals surface area contributed by atoms with E-state index in [2.05, 4.69) is 25.1 Å². The lowest BCUT2D eigenvalue weighted by Gasteiger charge is -2.14. The molecule has 0 amide bonds. The molecule has 0 aromatic heterocycles. The topological polar surface area (TPSA) is 18.5 Å². The number of allylic oxidation sites excluding steroid dienone is 1. The van der Waals surface area contributed by atoms with Crippen LogP contribution in [0.25, 0.3) is 5.57 Å². The van der Waals surface area contributed by atoms with E-state index in [1.165, 1.54) is 5.56 Å². The monoisotopic (exact) mass is 204 g/mol. The molecule has 2 nitrogen and oxygen atoms in total. The van der Waals surface area contributed by atoms with E-state index in [4.69, 9.17) is 9.47 Å². The molecule has 0 saturated carbocycles. The van der Waals surface area contributed by atoms with Crippen molar-refractivity contribution in [2.24, 2.45) is 0 Å². The average molecular weight is 204 g/mol. The highest BCUT2D eigenvalue weighted by Crippen LogP contribution is 2.24. The first-order chi connectivity index (χ1) is 7.42. The van der Waals surface area contributed by atoms with Gasteiger partial charge >= 0.3 is 0 Å². The smallest absolute Gasteiger partial charge is 0.184 e. The van der Waals surface area contributed by atoms with Gasteiger partial charge in [0.15, 0.2) is 6.29 Å². The molecule has 1 heterocycles. The molecule has 1 aromatic carbocycles. The standard InChI is InChI=1S/C13H16O2/c1-2-6-12(13-14-9-10-15-13)11-7-4-3-5-8-11/h3-8,13H,2,9-10H2,1H3/b12-6+. The zero-order valence-electron chi connectivity index (χ0n) is 8.98. The summed E-state index contributed by atoms with van der Waals surface area (Å²) in [5, 5.41) is 0. The third kappa shape index (κ3) is 2.46. The van der Waals surface area contributed by atoms with Crippen LogP contribution in [0.15, 0.2) is 36.4 Å². The van der Waals surface area contributed by atoms with Crippen molar-refractivity contribution in [1.82, 2.24) is 0 Å². The average Bonchev–Trinajstić information content (AvgIpc) is 2.80. The van der Waals surface area contributed by atoms with Crippen LogP contribution >= 0.6 is 0 Å². The molecule has 0 N–H and O–H groups in total. The maximum absolute atomic E-state index is 5.53. The van der Waals surface area contributed by atoms with E-state index in [1.54, 1.807) is 0 Å². The molecule has 15 heavy (non-hydrogen) atoms. The lowest BCUT2D eigenvalue weighted by Crippen LogP contribution is -2.10. The lowest BCUT2D eigenvalue weighted by atomic mass is 10.0. The predicted octanol–water partition coefficient (Wildman–Crippen LogP) is 2.85. The summed E-state index contributed by atoms with van der Waals surface area (Å²) in [7, 11) is 0. The molecule has 0 radical (unpaired) electrons. The van der Waals surface area contributed by atoms with Gasteiger partial charge in [-0.15, -0.1) is 0 Å². The van der Waals surface area contributed by atoms with Crippen LogP contribution in [-0.4, -0.2) is 19.5 Å². The lowest BCUT2D eigenvalue weighted by molar-refractivity contribution is 0.00677. The maximum Gasteiger partial charge on any atom is 0.184 e. The zero-order valence-corrected chi connectivity index (χ0v) is 8.98. The SMILES string of the molecule is CC/C=C(\c1ccccc1)C1OCCO1. The molecule has 1 aliphatic heterocycles. The van der Waals surface area contributed by atoms with Crippen molar-refractivity contribution < 1.29 is 9.47 Å². The Bertz CT molecular complexity index is 324. The molecule has 0 aliphatic carbocycles. The molecular weight excluding hydrogens is 188 g/mol. The van der Waals surface area contributed by atoms with Gasteiger partial charge in [-0.1, -0.05) is 43.3 Å². The van der Waals surface area contributed by atoms with Gasteiger partial charge in [0.1, 0.15) is 0 Å². The Balaban J connectivity index is 2.23. The van der Waals surface area contributed by atoms with Gasteiger partial charge in [-0.3, -0.25) is 0 Å². The number of hydrogen-bond acceptors (Lipinski definition) is 2. The normalized spacial score (nSPS) is 18.3. The van der Waals surface area contributed by atoms with E-state index < -0.39 is 0 Å². The van der Waals surface area contributed by atoms with Gasteiger partial charge in [0.2, 0.25) is 0 Å². The minimum absolute atomic E-state index is 0.174. The molecule has 80 valence electrons. The van der Waals surface area contributed by atoms with Crippen molar-refractivity contribution in [1.29, 1.82) is 0 Å². The van der Waals surface area contributed by atoms with Crippen LogP contribution in [0.5, 0.6) is 0 Å². The fourth-order valence-electron chi connectivity index (χ4n) is 1.74. The second-order valence-corrected chi connectivity index (χ2v) is 3.51. The second-order valence-electron chi connectivity index (χ2n) is 3.51. The summed E-state index contributed by atoms with van der Waals surface area (Å²) in [5.74, 6) is 0. The van der Waals surface area contributed by atoms with E-state index in [-0.39, 0.29) is 6.29 Å². The van der Waals surface area contributed by atoms with Crippen molar-refractivity contribution in [3.05, 3.63) is 42.0 Å². The molecule has 2 heteroatoms. The Labute approximate surface area is 90.5 Å². The van der Waals surface area contributed by atoms with Crippen molar-refractivity contribution >= 4 is 5.57 Å². The van der Waals surface area contributed by atoms with Gasteiger partial charge in [0, 0.05) is 5.57 Å². The quantitative estimate of drug-likeness (QED) is 0.753. The van der Waals surface area contributed by atoms with Gasteiger partial charge in [-0.25, -0.2) is 0 Å². The minimum atomic E-state index is -0.174. The third-order valence-corrected chi connectivity index (χ3v) is 2.41. The van der Waals surface area contributed by atoms with Crippen LogP contribution in [0.1, 0.15) is 18.9 Å². The first-order valence-electron chi connectivity index (χ1n) is 5.40. The fourth-order valence-corrected chi connectivity index (χ4v) is 1.74. The third-order valence-electron chi connectivity index (χ3n) is 2.41. The van der Waals surface area contributed by atoms with Crippen LogP contribution in [0.4, 0.5) is 0 Å². The molecule has 2 rings (SSSR count). The van der Waals surface area contributed by atoms with Gasteiger partial charge in [-0.2, -0.15) is 0 Å². The summed E-state index contributed by atoms with van der Waals surface area (Å²) in [6, 6.07) is 10.3. The Kier molecular flexibility index (Phi) is 3.54. The van der Waals surface area contributed by atoms with Crippen molar-refractivity contribution in [3.8, 4) is 0 Å². The van der Waals surface area contributed by atoms with E-state index in [0.717, 1.165) is 12.0 Å². The van der Waals surface area contributed by atoms with Crippen molar-refractivity contribution in [3.63, 3.8) is 0 Å². The summed E-state index contributed by atoms with van der Waals surface area (Å²) in [6.45, 7) is 3.51. The van der Waals surface area contributed by atoms with E-state index in [9.17, 15) is 0 Å². The number of benzene rings is 1. The number of hydrogen-bond donors (Lipinski definition) is 0. The Morgan fingerprint density at radius 3 is 2.53 bits per heavy atom.